The fraction of sp³-hybridized carbons (Fsp3) is 0.0833. The maximum Gasteiger partial charge on any atom is 0.339 e. The number of esters is 2. The summed E-state index contributed by atoms with van der Waals surface area (Å²) in [5.74, 6) is -1.01. The first-order valence-corrected chi connectivity index (χ1v) is 10.4. The highest BCUT2D eigenvalue weighted by atomic mass is 79.9. The van der Waals surface area contributed by atoms with Crippen molar-refractivity contribution in [2.45, 2.75) is 0 Å². The Morgan fingerprint density at radius 3 is 1.84 bits per heavy atom. The first-order valence-electron chi connectivity index (χ1n) is 9.59. The lowest BCUT2D eigenvalue weighted by atomic mass is 10.1. The Kier molecular flexibility index (Phi) is 6.13. The molecule has 0 aliphatic heterocycles. The quantitative estimate of drug-likeness (QED) is 0.344. The second-order valence-corrected chi connectivity index (χ2v) is 7.65. The maximum atomic E-state index is 12.6. The monoisotopic (exact) mass is 491 g/mol. The predicted molar refractivity (Wildman–Crippen MR) is 125 cm³/mol. The predicted octanol–water partition coefficient (Wildman–Crippen LogP) is 5.44. The van der Waals surface area contributed by atoms with Gasteiger partial charge in [0.2, 0.25) is 0 Å². The van der Waals surface area contributed by atoms with Gasteiger partial charge in [0.15, 0.2) is 0 Å². The SMILES string of the molecule is COC(=O)c1ccccc1N(c1cnc2cc(Br)cnc2c1)c1ccccc1C(=O)OC. The molecule has 0 N–H and O–H groups in total. The van der Waals surface area contributed by atoms with Crippen molar-refractivity contribution in [1.82, 2.24) is 9.97 Å². The molecule has 4 rings (SSSR count). The van der Waals surface area contributed by atoms with Crippen LogP contribution in [0, 0.1) is 0 Å². The van der Waals surface area contributed by atoms with Crippen molar-refractivity contribution < 1.29 is 19.1 Å². The van der Waals surface area contributed by atoms with Gasteiger partial charge in [0.1, 0.15) is 0 Å². The number of pyridine rings is 2. The van der Waals surface area contributed by atoms with Gasteiger partial charge in [-0.2, -0.15) is 0 Å². The molecule has 0 bridgehead atoms. The Morgan fingerprint density at radius 1 is 0.781 bits per heavy atom. The Bertz CT molecular complexity index is 1270. The van der Waals surface area contributed by atoms with E-state index >= 15 is 0 Å². The largest absolute Gasteiger partial charge is 0.465 e. The molecule has 0 amide bonds. The number of nitrogens with zero attached hydrogens (tertiary/aromatic N) is 3. The van der Waals surface area contributed by atoms with E-state index in [9.17, 15) is 9.59 Å². The number of aromatic nitrogens is 2. The number of halogens is 1. The van der Waals surface area contributed by atoms with E-state index in [1.54, 1.807) is 65.8 Å². The summed E-state index contributed by atoms with van der Waals surface area (Å²) in [5, 5.41) is 0. The number of ether oxygens (including phenoxy) is 2. The second kappa shape index (κ2) is 9.15. The van der Waals surface area contributed by atoms with E-state index in [1.165, 1.54) is 14.2 Å². The zero-order valence-electron chi connectivity index (χ0n) is 17.3. The van der Waals surface area contributed by atoms with Crippen LogP contribution in [0.15, 0.2) is 77.5 Å². The number of methoxy groups -OCH3 is 2. The third-order valence-electron chi connectivity index (χ3n) is 4.84. The molecule has 0 radical (unpaired) electrons. The third kappa shape index (κ3) is 4.04. The van der Waals surface area contributed by atoms with Crippen molar-refractivity contribution in [2.24, 2.45) is 0 Å². The molecule has 0 spiro atoms. The number of hydrogen-bond donors (Lipinski definition) is 0. The molecule has 0 aliphatic rings. The van der Waals surface area contributed by atoms with E-state index in [-0.39, 0.29) is 0 Å². The summed E-state index contributed by atoms with van der Waals surface area (Å²) in [4.78, 5) is 35.9. The van der Waals surface area contributed by atoms with Crippen LogP contribution in [0.5, 0.6) is 0 Å². The molecular weight excluding hydrogens is 474 g/mol. The lowest BCUT2D eigenvalue weighted by Gasteiger charge is -2.28. The molecular formula is C24H18BrN3O4. The Balaban J connectivity index is 2.01. The van der Waals surface area contributed by atoms with Gasteiger partial charge >= 0.3 is 11.9 Å². The number of hydrogen-bond acceptors (Lipinski definition) is 7. The molecule has 2 aromatic heterocycles. The molecule has 8 heteroatoms. The van der Waals surface area contributed by atoms with Crippen LogP contribution in [0.1, 0.15) is 20.7 Å². The number of carbonyl (C=O) groups excluding carboxylic acids is 2. The van der Waals surface area contributed by atoms with Gasteiger partial charge in [-0.3, -0.25) is 9.97 Å². The molecule has 7 nitrogen and oxygen atoms in total. The van der Waals surface area contributed by atoms with Crippen LogP contribution in [-0.2, 0) is 9.47 Å². The average Bonchev–Trinajstić information content (AvgIpc) is 2.84. The second-order valence-electron chi connectivity index (χ2n) is 6.74. The van der Waals surface area contributed by atoms with Crippen molar-refractivity contribution >= 4 is 56.0 Å². The summed E-state index contributed by atoms with van der Waals surface area (Å²) >= 11 is 3.40. The summed E-state index contributed by atoms with van der Waals surface area (Å²) in [7, 11) is 2.65. The maximum absolute atomic E-state index is 12.6. The van der Waals surface area contributed by atoms with Gasteiger partial charge in [-0.05, 0) is 52.3 Å². The number of benzene rings is 2. The van der Waals surface area contributed by atoms with Crippen LogP contribution in [0.4, 0.5) is 17.1 Å². The van der Waals surface area contributed by atoms with Crippen LogP contribution in [0.25, 0.3) is 11.0 Å². The lowest BCUT2D eigenvalue weighted by Crippen LogP contribution is -2.18. The molecule has 0 saturated heterocycles. The van der Waals surface area contributed by atoms with E-state index < -0.39 is 11.9 Å². The Hall–Kier alpha value is -3.78. The minimum atomic E-state index is -0.503. The van der Waals surface area contributed by atoms with Crippen molar-refractivity contribution in [1.29, 1.82) is 0 Å². The zero-order valence-corrected chi connectivity index (χ0v) is 18.9. The van der Waals surface area contributed by atoms with Crippen LogP contribution in [0.2, 0.25) is 0 Å². The topological polar surface area (TPSA) is 81.6 Å². The fourth-order valence-corrected chi connectivity index (χ4v) is 3.72. The highest BCUT2D eigenvalue weighted by molar-refractivity contribution is 9.10. The van der Waals surface area contributed by atoms with Crippen LogP contribution in [0.3, 0.4) is 0 Å². The molecule has 0 unspecified atom stereocenters. The van der Waals surface area contributed by atoms with Crippen molar-refractivity contribution in [3.8, 4) is 0 Å². The molecule has 2 aromatic carbocycles. The highest BCUT2D eigenvalue weighted by Crippen LogP contribution is 2.39. The van der Waals surface area contributed by atoms with E-state index in [1.807, 2.05) is 12.1 Å². The van der Waals surface area contributed by atoms with Crippen molar-refractivity contribution in [2.75, 3.05) is 19.1 Å². The molecule has 32 heavy (non-hydrogen) atoms. The van der Waals surface area contributed by atoms with E-state index in [2.05, 4.69) is 25.9 Å². The molecule has 4 aromatic rings. The van der Waals surface area contributed by atoms with Gasteiger partial charge in [0.05, 0.1) is 59.6 Å². The Morgan fingerprint density at radius 2 is 1.28 bits per heavy atom. The van der Waals surface area contributed by atoms with Gasteiger partial charge in [-0.15, -0.1) is 0 Å². The molecule has 0 atom stereocenters. The summed E-state index contributed by atoms with van der Waals surface area (Å²) < 4.78 is 10.8. The summed E-state index contributed by atoms with van der Waals surface area (Å²) in [6, 6.07) is 17.7. The fourth-order valence-electron chi connectivity index (χ4n) is 3.40. The van der Waals surface area contributed by atoms with E-state index in [4.69, 9.17) is 9.47 Å². The van der Waals surface area contributed by atoms with Crippen molar-refractivity contribution in [3.05, 3.63) is 88.7 Å². The van der Waals surface area contributed by atoms with Gasteiger partial charge < -0.3 is 14.4 Å². The standard InChI is InChI=1S/C24H18BrN3O4/c1-31-23(29)17-7-3-5-9-21(17)28(22-10-6-4-8-18(22)24(30)32-2)16-12-20-19(27-14-16)11-15(25)13-26-20/h3-14H,1-2H3. The van der Waals surface area contributed by atoms with Gasteiger partial charge in [0.25, 0.3) is 0 Å². The summed E-state index contributed by atoms with van der Waals surface area (Å²) in [6.45, 7) is 0. The molecule has 160 valence electrons. The summed E-state index contributed by atoms with van der Waals surface area (Å²) in [5.41, 5.74) is 3.67. The minimum absolute atomic E-state index is 0.332. The molecule has 0 fully saturated rings. The zero-order chi connectivity index (χ0) is 22.7. The molecule has 0 saturated carbocycles. The number of anilines is 3. The number of para-hydroxylation sites is 2. The van der Waals surface area contributed by atoms with Crippen molar-refractivity contribution in [3.63, 3.8) is 0 Å². The number of carbonyl (C=O) groups is 2. The van der Waals surface area contributed by atoms with Crippen LogP contribution >= 0.6 is 15.9 Å². The molecule has 0 aliphatic carbocycles. The third-order valence-corrected chi connectivity index (χ3v) is 5.28. The average molecular weight is 492 g/mol. The van der Waals surface area contributed by atoms with Gasteiger partial charge in [-0.1, -0.05) is 24.3 Å². The lowest BCUT2D eigenvalue weighted by molar-refractivity contribution is 0.0594. The number of fused-ring (bicyclic) bond motifs is 1. The van der Waals surface area contributed by atoms with Crippen LogP contribution < -0.4 is 4.90 Å². The van der Waals surface area contributed by atoms with Crippen LogP contribution in [-0.4, -0.2) is 36.1 Å². The van der Waals surface area contributed by atoms with E-state index in [0.29, 0.717) is 39.2 Å². The number of rotatable bonds is 5. The van der Waals surface area contributed by atoms with Gasteiger partial charge in [-0.25, -0.2) is 9.59 Å². The first kappa shape index (κ1) is 21.5. The smallest absolute Gasteiger partial charge is 0.339 e. The van der Waals surface area contributed by atoms with Gasteiger partial charge in [0, 0.05) is 10.7 Å². The van der Waals surface area contributed by atoms with E-state index in [0.717, 1.165) is 4.47 Å². The minimum Gasteiger partial charge on any atom is -0.465 e. The Labute approximate surface area is 192 Å². The highest BCUT2D eigenvalue weighted by Gasteiger charge is 2.24. The normalized spacial score (nSPS) is 10.6. The first-order chi connectivity index (χ1) is 15.5. The molecule has 2 heterocycles. The summed E-state index contributed by atoms with van der Waals surface area (Å²) in [6.07, 6.45) is 3.35.